The van der Waals surface area contributed by atoms with Crippen LogP contribution in [-0.2, 0) is 11.4 Å². The molecule has 0 aliphatic heterocycles. The van der Waals surface area contributed by atoms with E-state index in [1.54, 1.807) is 12.3 Å². The van der Waals surface area contributed by atoms with Crippen LogP contribution >= 0.6 is 0 Å². The van der Waals surface area contributed by atoms with Gasteiger partial charge < -0.3 is 30.1 Å². The molecule has 186 valence electrons. The van der Waals surface area contributed by atoms with Gasteiger partial charge in [0.15, 0.2) is 0 Å². The molecule has 2 aromatic carbocycles. The van der Waals surface area contributed by atoms with Gasteiger partial charge in [-0.15, -0.1) is 0 Å². The number of amides is 1. The number of carbonyl (C=O) groups is 1. The van der Waals surface area contributed by atoms with Crippen molar-refractivity contribution in [2.45, 2.75) is 6.61 Å². The number of nitrogens with zero attached hydrogens (tertiary/aromatic N) is 5. The lowest BCUT2D eigenvalue weighted by molar-refractivity contribution is -0.111. The second-order valence-electron chi connectivity index (χ2n) is 8.71. The van der Waals surface area contributed by atoms with Crippen molar-refractivity contribution < 1.29 is 9.90 Å². The molecule has 0 saturated heterocycles. The predicted octanol–water partition coefficient (Wildman–Crippen LogP) is 3.78. The van der Waals surface area contributed by atoms with Crippen molar-refractivity contribution in [2.75, 3.05) is 49.8 Å². The average molecular weight is 486 g/mol. The van der Waals surface area contributed by atoms with Crippen molar-refractivity contribution in [3.63, 3.8) is 0 Å². The van der Waals surface area contributed by atoms with Crippen LogP contribution in [0, 0.1) is 0 Å². The van der Waals surface area contributed by atoms with Gasteiger partial charge in [-0.3, -0.25) is 4.79 Å². The Morgan fingerprint density at radius 1 is 1.11 bits per heavy atom. The van der Waals surface area contributed by atoms with Crippen LogP contribution in [0.4, 0.5) is 23.0 Å². The van der Waals surface area contributed by atoms with Crippen LogP contribution in [-0.4, -0.2) is 64.7 Å². The zero-order valence-corrected chi connectivity index (χ0v) is 20.8. The normalized spacial score (nSPS) is 11.0. The Kier molecular flexibility index (Phi) is 7.62. The van der Waals surface area contributed by atoms with Crippen LogP contribution in [0.5, 0.6) is 0 Å². The summed E-state index contributed by atoms with van der Waals surface area (Å²) in [7, 11) is 5.96. The molecule has 36 heavy (non-hydrogen) atoms. The quantitative estimate of drug-likeness (QED) is 0.294. The number of para-hydroxylation sites is 1. The number of likely N-dealkylation sites (N-methyl/N-ethyl adjacent to an activating group) is 2. The number of anilines is 4. The standard InChI is InChI=1S/C27H31N7O2/c1-5-26(36)29-22-17-21(20(18-35)16-24(22)33(4)15-14-32(2)3)30-27-28-12-10-25(31-27)34-13-11-19-8-6-7-9-23(19)34/h5-13,16-17,35H,1,14-15,18H2,2-4H3,(H,29,36)(H,28,30,31). The summed E-state index contributed by atoms with van der Waals surface area (Å²) in [5.41, 5.74) is 3.66. The summed E-state index contributed by atoms with van der Waals surface area (Å²) < 4.78 is 1.99. The molecule has 9 heteroatoms. The van der Waals surface area contributed by atoms with Gasteiger partial charge in [-0.2, -0.15) is 4.98 Å². The van der Waals surface area contributed by atoms with Crippen molar-refractivity contribution in [3.8, 4) is 5.82 Å². The lowest BCUT2D eigenvalue weighted by atomic mass is 10.1. The molecule has 0 saturated carbocycles. The van der Waals surface area contributed by atoms with E-state index < -0.39 is 0 Å². The number of fused-ring (bicyclic) bond motifs is 1. The lowest BCUT2D eigenvalue weighted by Gasteiger charge is -2.26. The first-order valence-electron chi connectivity index (χ1n) is 11.6. The second kappa shape index (κ2) is 11.0. The van der Waals surface area contributed by atoms with Crippen LogP contribution in [0.25, 0.3) is 16.7 Å². The van der Waals surface area contributed by atoms with E-state index in [2.05, 4.69) is 38.1 Å². The third-order valence-electron chi connectivity index (χ3n) is 5.86. The summed E-state index contributed by atoms with van der Waals surface area (Å²) in [6.07, 6.45) is 4.88. The Bertz CT molecular complexity index is 1380. The molecular weight excluding hydrogens is 454 g/mol. The van der Waals surface area contributed by atoms with Crippen molar-refractivity contribution in [3.05, 3.63) is 79.1 Å². The molecule has 2 aromatic heterocycles. The summed E-state index contributed by atoms with van der Waals surface area (Å²) in [5.74, 6) is 0.756. The van der Waals surface area contributed by atoms with Crippen molar-refractivity contribution >= 4 is 39.8 Å². The Morgan fingerprint density at radius 3 is 2.67 bits per heavy atom. The first-order valence-corrected chi connectivity index (χ1v) is 11.6. The zero-order chi connectivity index (χ0) is 25.7. The Morgan fingerprint density at radius 2 is 1.92 bits per heavy atom. The zero-order valence-electron chi connectivity index (χ0n) is 20.8. The summed E-state index contributed by atoms with van der Waals surface area (Å²) in [4.78, 5) is 25.4. The number of rotatable bonds is 10. The third kappa shape index (κ3) is 5.54. The molecule has 0 aliphatic rings. The first kappa shape index (κ1) is 24.9. The van der Waals surface area contributed by atoms with Gasteiger partial charge in [0.2, 0.25) is 11.9 Å². The molecule has 0 aliphatic carbocycles. The number of aliphatic hydroxyl groups excluding tert-OH is 1. The van der Waals surface area contributed by atoms with E-state index in [1.165, 1.54) is 6.08 Å². The van der Waals surface area contributed by atoms with Gasteiger partial charge >= 0.3 is 0 Å². The van der Waals surface area contributed by atoms with E-state index in [0.717, 1.165) is 29.7 Å². The molecule has 0 unspecified atom stereocenters. The predicted molar refractivity (Wildman–Crippen MR) is 145 cm³/mol. The van der Waals surface area contributed by atoms with Crippen LogP contribution in [0.3, 0.4) is 0 Å². The minimum absolute atomic E-state index is 0.200. The van der Waals surface area contributed by atoms with Gasteiger partial charge in [-0.1, -0.05) is 24.8 Å². The van der Waals surface area contributed by atoms with E-state index in [9.17, 15) is 9.90 Å². The first-order chi connectivity index (χ1) is 17.4. The van der Waals surface area contributed by atoms with E-state index in [4.69, 9.17) is 0 Å². The monoisotopic (exact) mass is 485 g/mol. The van der Waals surface area contributed by atoms with Gasteiger partial charge in [-0.25, -0.2) is 4.98 Å². The Balaban J connectivity index is 1.69. The highest BCUT2D eigenvalue weighted by atomic mass is 16.3. The van der Waals surface area contributed by atoms with E-state index in [-0.39, 0.29) is 12.5 Å². The Labute approximate surface area is 210 Å². The molecule has 1 amide bonds. The molecular formula is C27H31N7O2. The van der Waals surface area contributed by atoms with Crippen LogP contribution in [0.1, 0.15) is 5.56 Å². The number of hydrogen-bond acceptors (Lipinski definition) is 7. The molecule has 0 spiro atoms. The molecule has 4 rings (SSSR count). The van der Waals surface area contributed by atoms with Crippen molar-refractivity contribution in [1.82, 2.24) is 19.4 Å². The van der Waals surface area contributed by atoms with Crippen LogP contribution in [0.2, 0.25) is 0 Å². The third-order valence-corrected chi connectivity index (χ3v) is 5.86. The van der Waals surface area contributed by atoms with Crippen LogP contribution < -0.4 is 15.5 Å². The fraction of sp³-hybridized carbons (Fsp3) is 0.222. The molecule has 0 atom stereocenters. The highest BCUT2D eigenvalue weighted by Gasteiger charge is 2.16. The maximum Gasteiger partial charge on any atom is 0.247 e. The fourth-order valence-electron chi connectivity index (χ4n) is 3.90. The van der Waals surface area contributed by atoms with Crippen molar-refractivity contribution in [2.24, 2.45) is 0 Å². The van der Waals surface area contributed by atoms with Gasteiger partial charge in [0, 0.05) is 43.8 Å². The highest BCUT2D eigenvalue weighted by Crippen LogP contribution is 2.33. The maximum atomic E-state index is 12.2. The second-order valence-corrected chi connectivity index (χ2v) is 8.71. The molecule has 0 fully saturated rings. The summed E-state index contributed by atoms with van der Waals surface area (Å²) in [6.45, 7) is 4.92. The molecule has 2 heterocycles. The summed E-state index contributed by atoms with van der Waals surface area (Å²) >= 11 is 0. The van der Waals surface area contributed by atoms with Gasteiger partial charge in [0.05, 0.1) is 23.5 Å². The number of benzene rings is 2. The Hall–Kier alpha value is -4.21. The number of aliphatic hydroxyl groups is 1. The van der Waals surface area contributed by atoms with E-state index >= 15 is 0 Å². The van der Waals surface area contributed by atoms with Gasteiger partial charge in [0.25, 0.3) is 0 Å². The minimum Gasteiger partial charge on any atom is -0.392 e. The molecule has 3 N–H and O–H groups in total. The van der Waals surface area contributed by atoms with E-state index in [1.807, 2.05) is 73.2 Å². The lowest BCUT2D eigenvalue weighted by Crippen LogP contribution is -2.29. The average Bonchev–Trinajstić information content (AvgIpc) is 3.32. The summed E-state index contributed by atoms with van der Waals surface area (Å²) in [6, 6.07) is 15.6. The number of nitrogens with one attached hydrogen (secondary N) is 2. The molecule has 0 radical (unpaired) electrons. The fourth-order valence-corrected chi connectivity index (χ4v) is 3.90. The number of carbonyl (C=O) groups excluding carboxylic acids is 1. The topological polar surface area (TPSA) is 98.5 Å². The highest BCUT2D eigenvalue weighted by molar-refractivity contribution is 6.02. The van der Waals surface area contributed by atoms with Gasteiger partial charge in [-0.05, 0) is 55.9 Å². The molecule has 9 nitrogen and oxygen atoms in total. The number of hydrogen-bond donors (Lipinski definition) is 3. The minimum atomic E-state index is -0.322. The molecule has 0 bridgehead atoms. The maximum absolute atomic E-state index is 12.2. The number of aromatic nitrogens is 3. The largest absolute Gasteiger partial charge is 0.392 e. The van der Waals surface area contributed by atoms with Crippen molar-refractivity contribution in [1.29, 1.82) is 0 Å². The SMILES string of the molecule is C=CC(=O)Nc1cc(Nc2nccc(-n3ccc4ccccc43)n2)c(CO)cc1N(C)CCN(C)C. The van der Waals surface area contributed by atoms with E-state index in [0.29, 0.717) is 28.7 Å². The van der Waals surface area contributed by atoms with Gasteiger partial charge in [0.1, 0.15) is 5.82 Å². The molecule has 4 aromatic rings. The summed E-state index contributed by atoms with van der Waals surface area (Å²) in [5, 5.41) is 17.4. The smallest absolute Gasteiger partial charge is 0.247 e. The van der Waals surface area contributed by atoms with Crippen LogP contribution in [0.15, 0.2) is 73.6 Å².